The molecule has 0 saturated heterocycles. The highest BCUT2D eigenvalue weighted by Gasteiger charge is 2.10. The standard InChI is InChI=1S/C21H17N3O4/c1-14(25)28-19-9-2-5-15(11-19)20(26)23-17-7-3-8-18(12-17)24-21(27)16-6-4-10-22-13-16/h2-13H,1H3,(H,23,26)(H,24,27). The van der Waals surface area contributed by atoms with Crippen molar-refractivity contribution in [2.24, 2.45) is 0 Å². The maximum atomic E-state index is 12.5. The van der Waals surface area contributed by atoms with Crippen LogP contribution in [0, 0.1) is 0 Å². The van der Waals surface area contributed by atoms with E-state index in [4.69, 9.17) is 4.74 Å². The van der Waals surface area contributed by atoms with Gasteiger partial charge in [-0.2, -0.15) is 0 Å². The molecule has 0 aliphatic rings. The number of aromatic nitrogens is 1. The van der Waals surface area contributed by atoms with Crippen LogP contribution in [-0.4, -0.2) is 22.8 Å². The van der Waals surface area contributed by atoms with E-state index in [1.54, 1.807) is 60.8 Å². The first kappa shape index (κ1) is 18.8. The molecule has 2 N–H and O–H groups in total. The minimum atomic E-state index is -0.463. The van der Waals surface area contributed by atoms with Gasteiger partial charge in [0, 0.05) is 36.3 Å². The first-order valence-electron chi connectivity index (χ1n) is 8.42. The molecule has 0 atom stereocenters. The van der Waals surface area contributed by atoms with E-state index in [1.165, 1.54) is 19.2 Å². The van der Waals surface area contributed by atoms with Crippen molar-refractivity contribution in [3.8, 4) is 5.75 Å². The van der Waals surface area contributed by atoms with Crippen LogP contribution in [0.3, 0.4) is 0 Å². The van der Waals surface area contributed by atoms with E-state index < -0.39 is 5.97 Å². The summed E-state index contributed by atoms with van der Waals surface area (Å²) in [6.07, 6.45) is 3.06. The zero-order chi connectivity index (χ0) is 19.9. The molecule has 7 heteroatoms. The number of anilines is 2. The van der Waals surface area contributed by atoms with Gasteiger partial charge in [0.25, 0.3) is 11.8 Å². The number of carbonyl (C=O) groups is 3. The molecule has 0 radical (unpaired) electrons. The second-order valence-corrected chi connectivity index (χ2v) is 5.85. The number of esters is 1. The lowest BCUT2D eigenvalue weighted by Crippen LogP contribution is -2.14. The van der Waals surface area contributed by atoms with E-state index in [0.29, 0.717) is 22.5 Å². The van der Waals surface area contributed by atoms with E-state index in [9.17, 15) is 14.4 Å². The third-order valence-corrected chi connectivity index (χ3v) is 3.66. The topological polar surface area (TPSA) is 97.4 Å². The van der Waals surface area contributed by atoms with Crippen molar-refractivity contribution in [3.05, 3.63) is 84.2 Å². The Morgan fingerprint density at radius 2 is 1.46 bits per heavy atom. The highest BCUT2D eigenvalue weighted by atomic mass is 16.5. The molecule has 0 spiro atoms. The molecule has 1 heterocycles. The van der Waals surface area contributed by atoms with Crippen LogP contribution in [0.15, 0.2) is 73.1 Å². The minimum absolute atomic E-state index is 0.289. The van der Waals surface area contributed by atoms with Crippen molar-refractivity contribution in [1.82, 2.24) is 4.98 Å². The Labute approximate surface area is 161 Å². The van der Waals surface area contributed by atoms with E-state index in [0.717, 1.165) is 0 Å². The molecule has 140 valence electrons. The van der Waals surface area contributed by atoms with Gasteiger partial charge in [-0.05, 0) is 48.5 Å². The van der Waals surface area contributed by atoms with Crippen molar-refractivity contribution >= 4 is 29.2 Å². The maximum Gasteiger partial charge on any atom is 0.308 e. The summed E-state index contributed by atoms with van der Waals surface area (Å²) >= 11 is 0. The van der Waals surface area contributed by atoms with Crippen LogP contribution in [0.5, 0.6) is 5.75 Å². The Hall–Kier alpha value is -4.00. The number of nitrogens with zero attached hydrogens (tertiary/aromatic N) is 1. The summed E-state index contributed by atoms with van der Waals surface area (Å²) < 4.78 is 4.99. The van der Waals surface area contributed by atoms with E-state index in [-0.39, 0.29) is 17.6 Å². The molecule has 2 amide bonds. The Bertz CT molecular complexity index is 1020. The second-order valence-electron chi connectivity index (χ2n) is 5.85. The number of pyridine rings is 1. The van der Waals surface area contributed by atoms with Crippen LogP contribution in [0.25, 0.3) is 0 Å². The first-order chi connectivity index (χ1) is 13.5. The largest absolute Gasteiger partial charge is 0.427 e. The smallest absolute Gasteiger partial charge is 0.308 e. The number of carbonyl (C=O) groups excluding carboxylic acids is 3. The number of hydrogen-bond donors (Lipinski definition) is 2. The van der Waals surface area contributed by atoms with Crippen LogP contribution in [0.2, 0.25) is 0 Å². The predicted molar refractivity (Wildman–Crippen MR) is 104 cm³/mol. The number of amides is 2. The molecule has 7 nitrogen and oxygen atoms in total. The molecule has 28 heavy (non-hydrogen) atoms. The van der Waals surface area contributed by atoms with Gasteiger partial charge in [0.05, 0.1) is 5.56 Å². The van der Waals surface area contributed by atoms with Crippen molar-refractivity contribution < 1.29 is 19.1 Å². The molecule has 0 aliphatic carbocycles. The van der Waals surface area contributed by atoms with Crippen molar-refractivity contribution in [1.29, 1.82) is 0 Å². The third kappa shape index (κ3) is 5.01. The summed E-state index contributed by atoms with van der Waals surface area (Å²) in [5, 5.41) is 5.50. The van der Waals surface area contributed by atoms with Crippen molar-refractivity contribution in [3.63, 3.8) is 0 Å². The average molecular weight is 375 g/mol. The molecule has 2 aromatic carbocycles. The van der Waals surface area contributed by atoms with Crippen LogP contribution < -0.4 is 15.4 Å². The molecule has 0 aliphatic heterocycles. The number of benzene rings is 2. The Kier molecular flexibility index (Phi) is 5.76. The molecular weight excluding hydrogens is 358 g/mol. The molecule has 3 aromatic rings. The van der Waals surface area contributed by atoms with Crippen molar-refractivity contribution in [2.75, 3.05) is 10.6 Å². The zero-order valence-electron chi connectivity index (χ0n) is 15.0. The highest BCUT2D eigenvalue weighted by Crippen LogP contribution is 2.19. The SMILES string of the molecule is CC(=O)Oc1cccc(C(=O)Nc2cccc(NC(=O)c3cccnc3)c2)c1. The normalized spacial score (nSPS) is 10.0. The van der Waals surface area contributed by atoms with Crippen LogP contribution in [-0.2, 0) is 4.79 Å². The number of nitrogens with one attached hydrogen (secondary N) is 2. The number of ether oxygens (including phenoxy) is 1. The van der Waals surface area contributed by atoms with E-state index >= 15 is 0 Å². The summed E-state index contributed by atoms with van der Waals surface area (Å²) in [4.78, 5) is 39.6. The lowest BCUT2D eigenvalue weighted by Gasteiger charge is -2.09. The van der Waals surface area contributed by atoms with Crippen molar-refractivity contribution in [2.45, 2.75) is 6.92 Å². The average Bonchev–Trinajstić information content (AvgIpc) is 2.68. The zero-order valence-corrected chi connectivity index (χ0v) is 15.0. The van der Waals surface area contributed by atoms with E-state index in [1.807, 2.05) is 0 Å². The summed E-state index contributed by atoms with van der Waals surface area (Å²) in [6, 6.07) is 16.4. The fraction of sp³-hybridized carbons (Fsp3) is 0.0476. The molecule has 0 bridgehead atoms. The van der Waals surface area contributed by atoms with Gasteiger partial charge in [0.2, 0.25) is 0 Å². The molecule has 1 aromatic heterocycles. The van der Waals surface area contributed by atoms with Gasteiger partial charge in [-0.1, -0.05) is 12.1 Å². The molecule has 0 saturated carbocycles. The van der Waals surface area contributed by atoms with Crippen LogP contribution in [0.1, 0.15) is 27.6 Å². The Morgan fingerprint density at radius 1 is 0.821 bits per heavy atom. The quantitative estimate of drug-likeness (QED) is 0.525. The summed E-state index contributed by atoms with van der Waals surface area (Å²) in [7, 11) is 0. The second kappa shape index (κ2) is 8.59. The van der Waals surface area contributed by atoms with Gasteiger partial charge in [0.15, 0.2) is 0 Å². The monoisotopic (exact) mass is 375 g/mol. The molecule has 3 rings (SSSR count). The third-order valence-electron chi connectivity index (χ3n) is 3.66. The van der Waals surface area contributed by atoms with Gasteiger partial charge in [-0.3, -0.25) is 19.4 Å². The highest BCUT2D eigenvalue weighted by molar-refractivity contribution is 6.06. The predicted octanol–water partition coefficient (Wildman–Crippen LogP) is 3.51. The fourth-order valence-corrected chi connectivity index (χ4v) is 2.45. The lowest BCUT2D eigenvalue weighted by molar-refractivity contribution is -0.131. The lowest BCUT2D eigenvalue weighted by atomic mass is 10.2. The maximum absolute atomic E-state index is 12.5. The van der Waals surface area contributed by atoms with Gasteiger partial charge in [-0.15, -0.1) is 0 Å². The van der Waals surface area contributed by atoms with E-state index in [2.05, 4.69) is 15.6 Å². The fourth-order valence-electron chi connectivity index (χ4n) is 2.45. The van der Waals surface area contributed by atoms with Crippen LogP contribution >= 0.6 is 0 Å². The van der Waals surface area contributed by atoms with Gasteiger partial charge < -0.3 is 15.4 Å². The Morgan fingerprint density at radius 3 is 2.11 bits per heavy atom. The van der Waals surface area contributed by atoms with Gasteiger partial charge in [-0.25, -0.2) is 0 Å². The molecule has 0 unspecified atom stereocenters. The number of hydrogen-bond acceptors (Lipinski definition) is 5. The van der Waals surface area contributed by atoms with Gasteiger partial charge in [0.1, 0.15) is 5.75 Å². The van der Waals surface area contributed by atoms with Crippen LogP contribution in [0.4, 0.5) is 11.4 Å². The summed E-state index contributed by atoms with van der Waals surface area (Å²) in [5.74, 6) is -0.845. The molecule has 0 fully saturated rings. The Balaban J connectivity index is 1.70. The summed E-state index contributed by atoms with van der Waals surface area (Å²) in [6.45, 7) is 1.29. The summed E-state index contributed by atoms with van der Waals surface area (Å²) in [5.41, 5.74) is 1.80. The first-order valence-corrected chi connectivity index (χ1v) is 8.42. The molecular formula is C21H17N3O4. The minimum Gasteiger partial charge on any atom is -0.427 e. The van der Waals surface area contributed by atoms with Gasteiger partial charge >= 0.3 is 5.97 Å². The number of rotatable bonds is 5.